The Morgan fingerprint density at radius 2 is 0.579 bits per heavy atom. The summed E-state index contributed by atoms with van der Waals surface area (Å²) in [7, 11) is 0. The number of hydrogen-bond acceptors (Lipinski definition) is 0. The molecule has 208 valence electrons. The summed E-state index contributed by atoms with van der Waals surface area (Å²) in [5.74, 6) is 0. The van der Waals surface area contributed by atoms with Crippen LogP contribution in [0.15, 0.2) is 68.9 Å². The molecule has 4 rings (SSSR count). The van der Waals surface area contributed by atoms with Crippen LogP contribution in [-0.4, -0.2) is 12.4 Å². The molecular formula is C32H48Cl2Si2Ti2-2. The number of allylic oxidation sites excluding steroid dienone is 16. The molecule has 38 heavy (non-hydrogen) atoms. The van der Waals surface area contributed by atoms with Crippen molar-refractivity contribution in [1.82, 2.24) is 0 Å². The summed E-state index contributed by atoms with van der Waals surface area (Å²) in [6, 6.07) is 0. The van der Waals surface area contributed by atoms with Gasteiger partial charge in [-0.15, -0.1) is 53.4 Å². The van der Waals surface area contributed by atoms with E-state index in [1.54, 1.807) is 0 Å². The predicted octanol–water partition coefficient (Wildman–Crippen LogP) is 3.92. The Morgan fingerprint density at radius 3 is 0.605 bits per heavy atom. The molecule has 0 aromatic heterocycles. The van der Waals surface area contributed by atoms with Crippen molar-refractivity contribution in [3.63, 3.8) is 0 Å². The van der Waals surface area contributed by atoms with E-state index in [1.807, 2.05) is 0 Å². The number of rotatable bonds is 0. The van der Waals surface area contributed by atoms with Crippen molar-refractivity contribution in [3.05, 3.63) is 93.2 Å². The Morgan fingerprint density at radius 1 is 0.447 bits per heavy atom. The Labute approximate surface area is 273 Å². The molecule has 0 saturated carbocycles. The van der Waals surface area contributed by atoms with Gasteiger partial charge in [0.1, 0.15) is 0 Å². The maximum Gasteiger partial charge on any atom is -1.00 e. The summed E-state index contributed by atoms with van der Waals surface area (Å²) in [5.41, 5.74) is 10.8. The van der Waals surface area contributed by atoms with Gasteiger partial charge >= 0.3 is 76.9 Å². The minimum atomic E-state index is 0. The van der Waals surface area contributed by atoms with Crippen molar-refractivity contribution in [3.8, 4) is 0 Å². The van der Waals surface area contributed by atoms with Crippen LogP contribution in [0, 0.1) is 24.3 Å². The van der Waals surface area contributed by atoms with Gasteiger partial charge in [0.25, 0.3) is 0 Å². The van der Waals surface area contributed by atoms with Crippen LogP contribution in [0.5, 0.6) is 0 Å². The first-order valence-corrected chi connectivity index (χ1v) is 22.4. The minimum Gasteiger partial charge on any atom is -1.00 e. The Bertz CT molecular complexity index is 769. The fraction of sp³-hybridized carbons (Fsp3) is 0.500. The van der Waals surface area contributed by atoms with E-state index >= 15 is 0 Å². The summed E-state index contributed by atoms with van der Waals surface area (Å²) in [4.78, 5) is 0. The van der Waals surface area contributed by atoms with Crippen molar-refractivity contribution in [2.45, 2.75) is 107 Å². The van der Waals surface area contributed by atoms with Crippen LogP contribution in [0.3, 0.4) is 0 Å². The second-order valence-corrected chi connectivity index (χ2v) is 22.9. The summed E-state index contributed by atoms with van der Waals surface area (Å²) in [6.45, 7) is 25.9. The van der Waals surface area contributed by atoms with Crippen molar-refractivity contribution in [1.29, 1.82) is 0 Å². The zero-order valence-electron chi connectivity index (χ0n) is 25.9. The van der Waals surface area contributed by atoms with Crippen molar-refractivity contribution < 1.29 is 63.2 Å². The Balaban J connectivity index is -0.000000184. The van der Waals surface area contributed by atoms with Gasteiger partial charge in [-0.3, -0.25) is 24.3 Å². The quantitative estimate of drug-likeness (QED) is 0.275. The van der Waals surface area contributed by atoms with Crippen molar-refractivity contribution in [2.24, 2.45) is 0 Å². The van der Waals surface area contributed by atoms with Crippen molar-refractivity contribution >= 4 is 12.4 Å². The summed E-state index contributed by atoms with van der Waals surface area (Å²) >= 11 is 4.54. The minimum absolute atomic E-state index is 0. The van der Waals surface area contributed by atoms with Gasteiger partial charge in [-0.25, -0.2) is 44.6 Å². The average molecular weight is 656 g/mol. The Hall–Kier alpha value is 0.362. The van der Waals surface area contributed by atoms with Gasteiger partial charge in [0.2, 0.25) is 0 Å². The fourth-order valence-electron chi connectivity index (χ4n) is 2.60. The molecule has 0 nitrogen and oxygen atoms in total. The van der Waals surface area contributed by atoms with E-state index in [4.69, 9.17) is 0 Å². The third kappa shape index (κ3) is 27.9. The zero-order chi connectivity index (χ0) is 28.3. The Kier molecular flexibility index (Phi) is 32.9. The van der Waals surface area contributed by atoms with E-state index in [1.165, 1.54) is 44.6 Å². The molecule has 0 atom stereocenters. The molecule has 0 aromatic rings. The van der Waals surface area contributed by atoms with Crippen LogP contribution >= 0.6 is 0 Å². The molecule has 0 fully saturated rings. The molecule has 0 spiro atoms. The van der Waals surface area contributed by atoms with Crippen LogP contribution in [-0.2, 0) is 38.3 Å². The molecule has 0 saturated heterocycles. The van der Waals surface area contributed by atoms with E-state index in [-0.39, 0.29) is 37.2 Å². The van der Waals surface area contributed by atoms with Gasteiger partial charge in [0.15, 0.2) is 0 Å². The molecule has 0 radical (unpaired) electrons. The standard InChI is InChI=1S/4C7H9.2C2H6Si.2ClH.2Ti/c4*1-6-4-3-5-7(6)2;2*1-3-2;;;;/h4*4H,3H2,1-2H3;2*1-2H3;2*1H;;/q4*-1;;;;;2*+2/p-2. The molecule has 0 amide bonds. The maximum absolute atomic E-state index is 3.19. The van der Waals surface area contributed by atoms with E-state index in [0.29, 0.717) is 0 Å². The SMILES string of the molecule is CC1=[C-]CC=C1C.CC1=[C-]CC=C1C.CC1=[C-]CC=C1C.CC1=[C-]CC=C1C.C[Si](C)=[Ti+2].C[Si](C)=[Ti+2].[Cl-].[Cl-]. The molecule has 4 aliphatic rings. The van der Waals surface area contributed by atoms with Crippen LogP contribution < -0.4 is 24.8 Å². The van der Waals surface area contributed by atoms with Crippen LogP contribution in [0.4, 0.5) is 0 Å². The third-order valence-electron chi connectivity index (χ3n) is 5.47. The van der Waals surface area contributed by atoms with Crippen LogP contribution in [0.25, 0.3) is 0 Å². The first kappa shape index (κ1) is 45.4. The summed E-state index contributed by atoms with van der Waals surface area (Å²) in [6.07, 6.45) is 25.9. The topological polar surface area (TPSA) is 0 Å². The van der Waals surface area contributed by atoms with Gasteiger partial charge in [-0.2, -0.15) is 24.3 Å². The molecule has 4 aliphatic carbocycles. The molecule has 0 N–H and O–H groups in total. The van der Waals surface area contributed by atoms with E-state index in [9.17, 15) is 0 Å². The van der Waals surface area contributed by atoms with Gasteiger partial charge in [-0.1, -0.05) is 27.7 Å². The van der Waals surface area contributed by atoms with Gasteiger partial charge < -0.3 is 24.8 Å². The van der Waals surface area contributed by atoms with Gasteiger partial charge in [-0.05, 0) is 0 Å². The zero-order valence-corrected chi connectivity index (χ0v) is 32.5. The largest absolute Gasteiger partial charge is 1.00 e. The second kappa shape index (κ2) is 27.5. The normalized spacial score (nSPS) is 15.6. The molecule has 0 aromatic carbocycles. The molecule has 6 heteroatoms. The number of hydrogen-bond donors (Lipinski definition) is 0. The fourth-order valence-corrected chi connectivity index (χ4v) is 2.60. The van der Waals surface area contributed by atoms with Crippen LogP contribution in [0.1, 0.15) is 81.1 Å². The smallest absolute Gasteiger partial charge is 1.00 e. The first-order valence-electron chi connectivity index (χ1n) is 12.7. The second-order valence-electron chi connectivity index (χ2n) is 9.57. The summed E-state index contributed by atoms with van der Waals surface area (Å²) in [5, 5.41) is 0. The molecule has 0 heterocycles. The van der Waals surface area contributed by atoms with E-state index in [0.717, 1.165) is 25.7 Å². The molecule has 0 unspecified atom stereocenters. The predicted molar refractivity (Wildman–Crippen MR) is 158 cm³/mol. The average Bonchev–Trinajstić information content (AvgIpc) is 3.53. The van der Waals surface area contributed by atoms with Crippen molar-refractivity contribution in [2.75, 3.05) is 0 Å². The maximum atomic E-state index is 3.19. The molecular weight excluding hydrogens is 607 g/mol. The first-order chi connectivity index (χ1) is 16.7. The van der Waals surface area contributed by atoms with E-state index < -0.39 is 0 Å². The number of halogens is 2. The third-order valence-corrected chi connectivity index (χ3v) is 5.47. The van der Waals surface area contributed by atoms with Gasteiger partial charge in [0, 0.05) is 0 Å². The summed E-state index contributed by atoms with van der Waals surface area (Å²) < 4.78 is 0. The van der Waals surface area contributed by atoms with Crippen LogP contribution in [0.2, 0.25) is 26.2 Å². The van der Waals surface area contributed by atoms with E-state index in [2.05, 4.69) is 169 Å². The monoisotopic (exact) mass is 654 g/mol. The van der Waals surface area contributed by atoms with Gasteiger partial charge in [0.05, 0.1) is 0 Å². The molecule has 0 bridgehead atoms. The molecule has 0 aliphatic heterocycles.